The summed E-state index contributed by atoms with van der Waals surface area (Å²) in [5.41, 5.74) is 2.10. The molecule has 28 heavy (non-hydrogen) atoms. The minimum Gasteiger partial charge on any atom is -0.496 e. The number of para-hydroxylation sites is 1. The number of halogens is 1. The maximum absolute atomic E-state index is 13.3. The third-order valence-electron chi connectivity index (χ3n) is 4.80. The predicted octanol–water partition coefficient (Wildman–Crippen LogP) is 2.11. The fraction of sp³-hybridized carbons (Fsp3) is 0.263. The van der Waals surface area contributed by atoms with Gasteiger partial charge in [0, 0.05) is 25.2 Å². The first-order chi connectivity index (χ1) is 13.7. The Morgan fingerprint density at radius 1 is 1.29 bits per heavy atom. The molecule has 144 valence electrons. The molecule has 3 aromatic rings. The van der Waals surface area contributed by atoms with E-state index in [2.05, 4.69) is 20.8 Å². The molecule has 1 saturated heterocycles. The van der Waals surface area contributed by atoms with Gasteiger partial charge in [-0.1, -0.05) is 29.8 Å². The van der Waals surface area contributed by atoms with Crippen molar-refractivity contribution < 1.29 is 9.53 Å². The first kappa shape index (κ1) is 18.4. The number of nitrogens with zero attached hydrogens (tertiary/aromatic N) is 5. The Hall–Kier alpha value is -2.97. The molecule has 0 radical (unpaired) electrons. The van der Waals surface area contributed by atoms with Gasteiger partial charge in [0.25, 0.3) is 5.91 Å². The Morgan fingerprint density at radius 2 is 2.14 bits per heavy atom. The maximum atomic E-state index is 13.3. The molecule has 1 aliphatic heterocycles. The lowest BCUT2D eigenvalue weighted by Crippen LogP contribution is -2.48. The number of amides is 1. The molecule has 1 atom stereocenters. The standard InChI is InChI=1S/C19H19ClN6O2/c1-28-18-5-3-2-4-15(18)17-11-21-8-9-25(17)19(27)14-7-6-13(10-16(14)20)26-12-22-23-24-26/h2-7,10,12,17,21H,8-9,11H2,1H3. The number of carbonyl (C=O) groups excluding carboxylic acids is 1. The molecule has 0 aliphatic carbocycles. The number of carbonyl (C=O) groups is 1. The summed E-state index contributed by atoms with van der Waals surface area (Å²) in [5, 5.41) is 14.8. The lowest BCUT2D eigenvalue weighted by molar-refractivity contribution is 0.0632. The summed E-state index contributed by atoms with van der Waals surface area (Å²) >= 11 is 6.44. The number of hydrogen-bond acceptors (Lipinski definition) is 6. The predicted molar refractivity (Wildman–Crippen MR) is 104 cm³/mol. The molecule has 4 rings (SSSR count). The quantitative estimate of drug-likeness (QED) is 0.724. The second-order valence-electron chi connectivity index (χ2n) is 6.38. The SMILES string of the molecule is COc1ccccc1C1CNCCN1C(=O)c1ccc(-n2cnnn2)cc1Cl. The highest BCUT2D eigenvalue weighted by atomic mass is 35.5. The molecule has 1 aliphatic rings. The molecule has 2 heterocycles. The zero-order chi connectivity index (χ0) is 19.5. The molecule has 0 bridgehead atoms. The first-order valence-electron chi connectivity index (χ1n) is 8.86. The third kappa shape index (κ3) is 3.44. The van der Waals surface area contributed by atoms with E-state index in [1.807, 2.05) is 29.2 Å². The molecule has 8 nitrogen and oxygen atoms in total. The van der Waals surface area contributed by atoms with Crippen molar-refractivity contribution in [1.29, 1.82) is 0 Å². The van der Waals surface area contributed by atoms with Gasteiger partial charge in [-0.05, 0) is 34.7 Å². The van der Waals surface area contributed by atoms with Crippen molar-refractivity contribution in [2.75, 3.05) is 26.7 Å². The molecule has 1 N–H and O–H groups in total. The molecule has 1 amide bonds. The Morgan fingerprint density at radius 3 is 2.89 bits per heavy atom. The van der Waals surface area contributed by atoms with Gasteiger partial charge in [-0.2, -0.15) is 0 Å². The lowest BCUT2D eigenvalue weighted by atomic mass is 10.0. The number of nitrogens with one attached hydrogen (secondary N) is 1. The van der Waals surface area contributed by atoms with E-state index in [0.29, 0.717) is 29.4 Å². The molecule has 1 aromatic heterocycles. The molecule has 1 fully saturated rings. The van der Waals surface area contributed by atoms with Crippen LogP contribution < -0.4 is 10.1 Å². The van der Waals surface area contributed by atoms with Crippen molar-refractivity contribution in [3.8, 4) is 11.4 Å². The maximum Gasteiger partial charge on any atom is 0.255 e. The monoisotopic (exact) mass is 398 g/mol. The first-order valence-corrected chi connectivity index (χ1v) is 9.24. The average molecular weight is 399 g/mol. The van der Waals surface area contributed by atoms with Gasteiger partial charge in [-0.15, -0.1) is 5.10 Å². The number of tetrazole rings is 1. The van der Waals surface area contributed by atoms with Gasteiger partial charge in [-0.3, -0.25) is 4.79 Å². The lowest BCUT2D eigenvalue weighted by Gasteiger charge is -2.37. The smallest absolute Gasteiger partial charge is 0.255 e. The normalized spacial score (nSPS) is 16.8. The van der Waals surface area contributed by atoms with Crippen LogP contribution >= 0.6 is 11.6 Å². The van der Waals surface area contributed by atoms with E-state index in [-0.39, 0.29) is 11.9 Å². The van der Waals surface area contributed by atoms with Crippen LogP contribution in [0.2, 0.25) is 5.02 Å². The van der Waals surface area contributed by atoms with Crippen LogP contribution in [0.5, 0.6) is 5.75 Å². The van der Waals surface area contributed by atoms with E-state index < -0.39 is 0 Å². The molecular weight excluding hydrogens is 380 g/mol. The van der Waals surface area contributed by atoms with E-state index in [0.717, 1.165) is 17.9 Å². The van der Waals surface area contributed by atoms with Gasteiger partial charge in [0.15, 0.2) is 0 Å². The van der Waals surface area contributed by atoms with Crippen molar-refractivity contribution in [3.63, 3.8) is 0 Å². The number of piperazine rings is 1. The number of methoxy groups -OCH3 is 1. The van der Waals surface area contributed by atoms with Gasteiger partial charge in [0.05, 0.1) is 29.4 Å². The van der Waals surface area contributed by atoms with Crippen molar-refractivity contribution in [2.24, 2.45) is 0 Å². The molecule has 0 spiro atoms. The highest BCUT2D eigenvalue weighted by Gasteiger charge is 2.31. The van der Waals surface area contributed by atoms with E-state index >= 15 is 0 Å². The van der Waals surface area contributed by atoms with Crippen LogP contribution in [0.3, 0.4) is 0 Å². The number of hydrogen-bond donors (Lipinski definition) is 1. The Kier molecular flexibility index (Phi) is 5.23. The zero-order valence-electron chi connectivity index (χ0n) is 15.2. The highest BCUT2D eigenvalue weighted by Crippen LogP contribution is 2.32. The summed E-state index contributed by atoms with van der Waals surface area (Å²) in [6, 6.07) is 12.8. The van der Waals surface area contributed by atoms with Gasteiger partial charge in [0.1, 0.15) is 12.1 Å². The van der Waals surface area contributed by atoms with Crippen LogP contribution in [0.25, 0.3) is 5.69 Å². The van der Waals surface area contributed by atoms with E-state index in [4.69, 9.17) is 16.3 Å². The number of benzene rings is 2. The van der Waals surface area contributed by atoms with Crippen molar-refractivity contribution in [3.05, 3.63) is 64.9 Å². The van der Waals surface area contributed by atoms with Crippen LogP contribution in [0.4, 0.5) is 0 Å². The topological polar surface area (TPSA) is 85.2 Å². The van der Waals surface area contributed by atoms with Crippen LogP contribution in [-0.4, -0.2) is 57.8 Å². The van der Waals surface area contributed by atoms with Gasteiger partial charge < -0.3 is 15.0 Å². The van der Waals surface area contributed by atoms with E-state index in [1.54, 1.807) is 25.3 Å². The molecule has 9 heteroatoms. The summed E-state index contributed by atoms with van der Waals surface area (Å²) in [6.07, 6.45) is 1.47. The Bertz CT molecular complexity index is 978. The number of aromatic nitrogens is 4. The summed E-state index contributed by atoms with van der Waals surface area (Å²) in [5.74, 6) is 0.639. The number of rotatable bonds is 4. The van der Waals surface area contributed by atoms with E-state index in [1.165, 1.54) is 11.0 Å². The highest BCUT2D eigenvalue weighted by molar-refractivity contribution is 6.34. The minimum absolute atomic E-state index is 0.120. The van der Waals surface area contributed by atoms with Gasteiger partial charge in [0.2, 0.25) is 0 Å². The largest absolute Gasteiger partial charge is 0.496 e. The Labute approximate surface area is 167 Å². The molecule has 2 aromatic carbocycles. The second-order valence-corrected chi connectivity index (χ2v) is 6.79. The minimum atomic E-state index is -0.146. The second kappa shape index (κ2) is 7.95. The number of ether oxygens (including phenoxy) is 1. The van der Waals surface area contributed by atoms with Crippen molar-refractivity contribution >= 4 is 17.5 Å². The third-order valence-corrected chi connectivity index (χ3v) is 5.11. The van der Waals surface area contributed by atoms with Crippen molar-refractivity contribution in [2.45, 2.75) is 6.04 Å². The van der Waals surface area contributed by atoms with Crippen LogP contribution in [0, 0.1) is 0 Å². The van der Waals surface area contributed by atoms with Crippen LogP contribution in [0.1, 0.15) is 22.0 Å². The van der Waals surface area contributed by atoms with Crippen LogP contribution in [0.15, 0.2) is 48.8 Å². The van der Waals surface area contributed by atoms with Crippen LogP contribution in [-0.2, 0) is 0 Å². The van der Waals surface area contributed by atoms with Crippen molar-refractivity contribution in [1.82, 2.24) is 30.4 Å². The fourth-order valence-corrected chi connectivity index (χ4v) is 3.68. The summed E-state index contributed by atoms with van der Waals surface area (Å²) in [4.78, 5) is 15.2. The average Bonchev–Trinajstić information content (AvgIpc) is 3.28. The molecule has 1 unspecified atom stereocenters. The van der Waals surface area contributed by atoms with E-state index in [9.17, 15) is 4.79 Å². The summed E-state index contributed by atoms with van der Waals surface area (Å²) in [6.45, 7) is 1.94. The Balaban J connectivity index is 1.66. The molecule has 0 saturated carbocycles. The summed E-state index contributed by atoms with van der Waals surface area (Å²) < 4.78 is 6.99. The zero-order valence-corrected chi connectivity index (χ0v) is 16.0. The fourth-order valence-electron chi connectivity index (χ4n) is 3.42. The van der Waals surface area contributed by atoms with Gasteiger partial charge in [-0.25, -0.2) is 4.68 Å². The van der Waals surface area contributed by atoms with Gasteiger partial charge >= 0.3 is 0 Å². The summed E-state index contributed by atoms with van der Waals surface area (Å²) in [7, 11) is 1.63. The molecular formula is C19H19ClN6O2.